The van der Waals surface area contributed by atoms with Crippen molar-refractivity contribution < 1.29 is 4.79 Å². The van der Waals surface area contributed by atoms with E-state index in [9.17, 15) is 9.59 Å². The molecule has 1 amide bonds. The number of nitrogens with one attached hydrogen (secondary N) is 1. The summed E-state index contributed by atoms with van der Waals surface area (Å²) in [6.07, 6.45) is 5.24. The first-order valence-corrected chi connectivity index (χ1v) is 13.4. The summed E-state index contributed by atoms with van der Waals surface area (Å²) < 4.78 is 0. The molecule has 1 N–H and O–H groups in total. The second-order valence-electron chi connectivity index (χ2n) is 9.96. The van der Waals surface area contributed by atoms with Crippen LogP contribution in [0, 0.1) is 0 Å². The molecule has 6 nitrogen and oxygen atoms in total. The van der Waals surface area contributed by atoms with Crippen molar-refractivity contribution in [1.29, 1.82) is 0 Å². The number of fused-ring (bicyclic) bond motifs is 3. The topological polar surface area (TPSA) is 69.3 Å². The number of aryl methyl sites for hydroxylation is 3. The molecule has 1 fully saturated rings. The molecule has 0 spiro atoms. The van der Waals surface area contributed by atoms with Gasteiger partial charge in [-0.05, 0) is 48.3 Å². The van der Waals surface area contributed by atoms with Gasteiger partial charge in [0.25, 0.3) is 5.56 Å². The SMILES string of the molecule is CC(C)c1ccc(CN2CCN(C(=O)CCc3nc4sc5c(c4c(=O)[nH]3)CCCC5)CC2)cc1. The lowest BCUT2D eigenvalue weighted by Crippen LogP contribution is -2.48. The van der Waals surface area contributed by atoms with Gasteiger partial charge in [0.15, 0.2) is 0 Å². The summed E-state index contributed by atoms with van der Waals surface area (Å²) in [6.45, 7) is 8.64. The first-order valence-electron chi connectivity index (χ1n) is 12.6. The lowest BCUT2D eigenvalue weighted by Gasteiger charge is -2.34. The molecule has 1 aliphatic carbocycles. The highest BCUT2D eigenvalue weighted by atomic mass is 32.1. The van der Waals surface area contributed by atoms with Gasteiger partial charge in [-0.25, -0.2) is 4.98 Å². The molecule has 0 atom stereocenters. The maximum Gasteiger partial charge on any atom is 0.259 e. The first kappa shape index (κ1) is 23.2. The summed E-state index contributed by atoms with van der Waals surface area (Å²) in [4.78, 5) is 39.8. The summed E-state index contributed by atoms with van der Waals surface area (Å²) in [5.41, 5.74) is 3.86. The van der Waals surface area contributed by atoms with Crippen molar-refractivity contribution in [2.45, 2.75) is 64.8 Å². The summed E-state index contributed by atoms with van der Waals surface area (Å²) in [7, 11) is 0. The summed E-state index contributed by atoms with van der Waals surface area (Å²) >= 11 is 1.66. The number of carbonyl (C=O) groups excluding carboxylic acids is 1. The van der Waals surface area contributed by atoms with Crippen LogP contribution in [-0.2, 0) is 30.6 Å². The highest BCUT2D eigenvalue weighted by molar-refractivity contribution is 7.18. The Bertz CT molecular complexity index is 1220. The number of amides is 1. The molecule has 1 aromatic carbocycles. The number of piperazine rings is 1. The maximum absolute atomic E-state index is 12.8. The molecule has 0 bridgehead atoms. The number of hydrogen-bond acceptors (Lipinski definition) is 5. The highest BCUT2D eigenvalue weighted by Gasteiger charge is 2.23. The van der Waals surface area contributed by atoms with Gasteiger partial charge in [0, 0.05) is 50.4 Å². The molecule has 3 aromatic rings. The molecule has 2 aromatic heterocycles. The van der Waals surface area contributed by atoms with Crippen LogP contribution in [0.4, 0.5) is 0 Å². The number of rotatable bonds is 6. The van der Waals surface area contributed by atoms with Crippen molar-refractivity contribution >= 4 is 27.5 Å². The minimum absolute atomic E-state index is 0.0399. The van der Waals surface area contributed by atoms with Gasteiger partial charge in [-0.3, -0.25) is 14.5 Å². The molecule has 2 aliphatic rings. The van der Waals surface area contributed by atoms with Gasteiger partial charge >= 0.3 is 0 Å². The standard InChI is InChI=1S/C27H34N4O2S/c1-18(2)20-9-7-19(8-10-20)17-30-13-15-31(16-14-30)24(32)12-11-23-28-26(33)25-21-5-3-4-6-22(21)34-27(25)29-23/h7-10,18H,3-6,11-17H2,1-2H3,(H,28,29,33). The monoisotopic (exact) mass is 478 g/mol. The van der Waals surface area contributed by atoms with E-state index in [1.165, 1.54) is 28.0 Å². The number of aromatic nitrogens is 2. The Hall–Kier alpha value is -2.51. The summed E-state index contributed by atoms with van der Waals surface area (Å²) in [5, 5.41) is 0.782. The molecule has 3 heterocycles. The molecule has 5 rings (SSSR count). The van der Waals surface area contributed by atoms with Crippen molar-refractivity contribution in [3.63, 3.8) is 0 Å². The molecule has 0 unspecified atom stereocenters. The second kappa shape index (κ2) is 10.0. The van der Waals surface area contributed by atoms with Crippen molar-refractivity contribution in [3.8, 4) is 0 Å². The largest absolute Gasteiger partial charge is 0.340 e. The van der Waals surface area contributed by atoms with Gasteiger partial charge in [-0.15, -0.1) is 11.3 Å². The Labute approximate surface area is 205 Å². The van der Waals surface area contributed by atoms with Crippen LogP contribution in [0.2, 0.25) is 0 Å². The zero-order chi connectivity index (χ0) is 23.7. The average Bonchev–Trinajstić information content (AvgIpc) is 3.22. The van der Waals surface area contributed by atoms with Crippen LogP contribution >= 0.6 is 11.3 Å². The van der Waals surface area contributed by atoms with E-state index < -0.39 is 0 Å². The lowest BCUT2D eigenvalue weighted by atomic mass is 9.97. The molecule has 7 heteroatoms. The summed E-state index contributed by atoms with van der Waals surface area (Å²) in [6, 6.07) is 8.89. The number of hydrogen-bond donors (Lipinski definition) is 1. The Morgan fingerprint density at radius 3 is 2.56 bits per heavy atom. The van der Waals surface area contributed by atoms with Crippen LogP contribution < -0.4 is 5.56 Å². The predicted molar refractivity (Wildman–Crippen MR) is 138 cm³/mol. The van der Waals surface area contributed by atoms with E-state index in [1.807, 2.05) is 4.90 Å². The Morgan fingerprint density at radius 1 is 1.09 bits per heavy atom. The Balaban J connectivity index is 1.14. The quantitative estimate of drug-likeness (QED) is 0.575. The van der Waals surface area contributed by atoms with Crippen LogP contribution in [0.3, 0.4) is 0 Å². The van der Waals surface area contributed by atoms with E-state index in [2.05, 4.69) is 48.0 Å². The smallest absolute Gasteiger partial charge is 0.259 e. The molecule has 0 saturated carbocycles. The third-order valence-electron chi connectivity index (χ3n) is 7.23. The average molecular weight is 479 g/mol. The van der Waals surface area contributed by atoms with E-state index in [0.29, 0.717) is 24.6 Å². The van der Waals surface area contributed by atoms with E-state index in [4.69, 9.17) is 4.98 Å². The van der Waals surface area contributed by atoms with Gasteiger partial charge in [0.05, 0.1) is 5.39 Å². The van der Waals surface area contributed by atoms with Crippen LogP contribution in [0.1, 0.15) is 66.4 Å². The molecule has 1 saturated heterocycles. The first-order chi connectivity index (χ1) is 16.5. The van der Waals surface area contributed by atoms with Gasteiger partial charge in [-0.2, -0.15) is 0 Å². The number of benzene rings is 1. The Morgan fingerprint density at radius 2 is 1.82 bits per heavy atom. The fourth-order valence-electron chi connectivity index (χ4n) is 5.13. The highest BCUT2D eigenvalue weighted by Crippen LogP contribution is 2.33. The minimum Gasteiger partial charge on any atom is -0.340 e. The van der Waals surface area contributed by atoms with Crippen molar-refractivity contribution in [1.82, 2.24) is 19.8 Å². The third-order valence-corrected chi connectivity index (χ3v) is 8.41. The molecule has 1 aliphatic heterocycles. The zero-order valence-corrected chi connectivity index (χ0v) is 21.0. The van der Waals surface area contributed by atoms with Gasteiger partial charge in [0.1, 0.15) is 10.7 Å². The molecule has 180 valence electrons. The van der Waals surface area contributed by atoms with Gasteiger partial charge in [0.2, 0.25) is 5.91 Å². The van der Waals surface area contributed by atoms with Crippen LogP contribution in [0.25, 0.3) is 10.2 Å². The van der Waals surface area contributed by atoms with Crippen molar-refractivity contribution in [2.75, 3.05) is 26.2 Å². The maximum atomic E-state index is 12.8. The van der Waals surface area contributed by atoms with Gasteiger partial charge in [-0.1, -0.05) is 38.1 Å². The Kier molecular flexibility index (Phi) is 6.84. The van der Waals surface area contributed by atoms with E-state index in [0.717, 1.165) is 62.2 Å². The number of carbonyl (C=O) groups is 1. The van der Waals surface area contributed by atoms with Gasteiger partial charge < -0.3 is 9.88 Å². The molecule has 34 heavy (non-hydrogen) atoms. The zero-order valence-electron chi connectivity index (χ0n) is 20.2. The second-order valence-corrected chi connectivity index (χ2v) is 11.0. The van der Waals surface area contributed by atoms with Crippen molar-refractivity contribution in [3.05, 3.63) is 62.0 Å². The number of thiophene rings is 1. The van der Waals surface area contributed by atoms with Crippen LogP contribution in [0.5, 0.6) is 0 Å². The number of nitrogens with zero attached hydrogens (tertiary/aromatic N) is 3. The number of H-pyrrole nitrogens is 1. The normalized spacial score (nSPS) is 16.9. The number of aromatic amines is 1. The summed E-state index contributed by atoms with van der Waals surface area (Å²) in [5.74, 6) is 1.33. The molecule has 0 radical (unpaired) electrons. The van der Waals surface area contributed by atoms with Crippen LogP contribution in [-0.4, -0.2) is 51.9 Å². The van der Waals surface area contributed by atoms with E-state index in [-0.39, 0.29) is 11.5 Å². The van der Waals surface area contributed by atoms with Crippen LogP contribution in [0.15, 0.2) is 29.1 Å². The van der Waals surface area contributed by atoms with E-state index in [1.54, 1.807) is 11.3 Å². The molecular weight excluding hydrogens is 444 g/mol. The minimum atomic E-state index is -0.0399. The van der Waals surface area contributed by atoms with Crippen molar-refractivity contribution in [2.24, 2.45) is 0 Å². The van der Waals surface area contributed by atoms with E-state index >= 15 is 0 Å². The fraction of sp³-hybridized carbons (Fsp3) is 0.519. The fourth-order valence-corrected chi connectivity index (χ4v) is 6.41. The predicted octanol–water partition coefficient (Wildman–Crippen LogP) is 4.26. The lowest BCUT2D eigenvalue weighted by molar-refractivity contribution is -0.133. The molecular formula is C27H34N4O2S. The third kappa shape index (κ3) is 4.96.